The molecule has 0 radical (unpaired) electrons. The molecular formula is C13H22O7. The van der Waals surface area contributed by atoms with Gasteiger partial charge in [-0.25, -0.2) is 4.79 Å². The minimum Gasteiger partial charge on any atom is -0.466 e. The maximum absolute atomic E-state index is 11.3. The summed E-state index contributed by atoms with van der Waals surface area (Å²) in [6.45, 7) is 6.80. The summed E-state index contributed by atoms with van der Waals surface area (Å²) in [4.78, 5) is 33.8. The van der Waals surface area contributed by atoms with Crippen LogP contribution in [-0.4, -0.2) is 44.5 Å². The Morgan fingerprint density at radius 3 is 1.40 bits per heavy atom. The highest BCUT2D eigenvalue weighted by Crippen LogP contribution is 2.03. The van der Waals surface area contributed by atoms with Gasteiger partial charge in [0.2, 0.25) is 0 Å². The quantitative estimate of drug-likeness (QED) is 0.495. The van der Waals surface area contributed by atoms with Crippen molar-refractivity contribution in [2.45, 2.75) is 27.7 Å². The first-order valence-corrected chi connectivity index (χ1v) is 6.55. The number of carbonyl (C=O) groups is 3. The summed E-state index contributed by atoms with van der Waals surface area (Å²) < 4.78 is 19.0. The minimum absolute atomic E-state index is 0.133. The molecule has 0 aliphatic heterocycles. The van der Waals surface area contributed by atoms with Gasteiger partial charge in [0.1, 0.15) is 13.2 Å². The molecule has 0 aromatic rings. The van der Waals surface area contributed by atoms with Gasteiger partial charge in [-0.1, -0.05) is 0 Å². The van der Waals surface area contributed by atoms with Gasteiger partial charge >= 0.3 is 18.1 Å². The average Bonchev–Trinajstić information content (AvgIpc) is 2.42. The van der Waals surface area contributed by atoms with Crippen LogP contribution in [0.3, 0.4) is 0 Å². The maximum atomic E-state index is 11.3. The van der Waals surface area contributed by atoms with Crippen LogP contribution in [0.25, 0.3) is 0 Å². The summed E-state index contributed by atoms with van der Waals surface area (Å²) >= 11 is 0. The summed E-state index contributed by atoms with van der Waals surface area (Å²) in [6.07, 6.45) is -0.933. The fourth-order valence-electron chi connectivity index (χ4n) is 1.13. The standard InChI is InChI=1S/C13H22O7/c1-5-17-11(14)9(3)7-19-13(16)20-8-10(4)12(15)18-6-2/h9-10H,5-8H2,1-4H3. The molecule has 116 valence electrons. The van der Waals surface area contributed by atoms with Gasteiger partial charge in [-0.2, -0.15) is 0 Å². The first-order valence-electron chi connectivity index (χ1n) is 6.55. The fourth-order valence-corrected chi connectivity index (χ4v) is 1.13. The van der Waals surface area contributed by atoms with Crippen LogP contribution in [0.2, 0.25) is 0 Å². The van der Waals surface area contributed by atoms with E-state index in [-0.39, 0.29) is 26.4 Å². The lowest BCUT2D eigenvalue weighted by molar-refractivity contribution is -0.148. The Labute approximate surface area is 118 Å². The minimum atomic E-state index is -0.933. The van der Waals surface area contributed by atoms with E-state index in [0.717, 1.165) is 0 Å². The lowest BCUT2D eigenvalue weighted by Crippen LogP contribution is -2.25. The van der Waals surface area contributed by atoms with Crippen molar-refractivity contribution in [3.05, 3.63) is 0 Å². The summed E-state index contributed by atoms with van der Waals surface area (Å²) in [5.74, 6) is -2.02. The van der Waals surface area contributed by atoms with E-state index in [4.69, 9.17) is 18.9 Å². The van der Waals surface area contributed by atoms with E-state index in [9.17, 15) is 14.4 Å². The van der Waals surface area contributed by atoms with Crippen LogP contribution in [0.1, 0.15) is 27.7 Å². The molecule has 0 spiro atoms. The molecule has 2 atom stereocenters. The van der Waals surface area contributed by atoms with Crippen molar-refractivity contribution >= 4 is 18.1 Å². The normalized spacial score (nSPS) is 13.0. The number of rotatable bonds is 8. The van der Waals surface area contributed by atoms with Crippen LogP contribution < -0.4 is 0 Å². The SMILES string of the molecule is CCOC(=O)C(C)COC(=O)OCC(C)C(=O)OCC. The smallest absolute Gasteiger partial charge is 0.466 e. The van der Waals surface area contributed by atoms with E-state index >= 15 is 0 Å². The highest BCUT2D eigenvalue weighted by atomic mass is 16.7. The molecule has 20 heavy (non-hydrogen) atoms. The molecule has 0 aromatic heterocycles. The molecule has 0 saturated carbocycles. The number of hydrogen-bond donors (Lipinski definition) is 0. The molecule has 0 amide bonds. The van der Waals surface area contributed by atoms with E-state index in [1.165, 1.54) is 0 Å². The monoisotopic (exact) mass is 290 g/mol. The maximum Gasteiger partial charge on any atom is 0.508 e. The highest BCUT2D eigenvalue weighted by molar-refractivity contribution is 5.73. The van der Waals surface area contributed by atoms with Gasteiger partial charge < -0.3 is 18.9 Å². The molecule has 0 saturated heterocycles. The van der Waals surface area contributed by atoms with Crippen LogP contribution in [0.15, 0.2) is 0 Å². The second-order valence-electron chi connectivity index (χ2n) is 4.18. The van der Waals surface area contributed by atoms with Crippen molar-refractivity contribution in [1.82, 2.24) is 0 Å². The van der Waals surface area contributed by atoms with Gasteiger partial charge in [-0.05, 0) is 27.7 Å². The molecule has 0 rings (SSSR count). The highest BCUT2D eigenvalue weighted by Gasteiger charge is 2.19. The summed E-state index contributed by atoms with van der Waals surface area (Å²) in [5.41, 5.74) is 0. The average molecular weight is 290 g/mol. The van der Waals surface area contributed by atoms with Crippen molar-refractivity contribution in [2.24, 2.45) is 11.8 Å². The lowest BCUT2D eigenvalue weighted by Gasteiger charge is -2.13. The van der Waals surface area contributed by atoms with Gasteiger partial charge in [-0.15, -0.1) is 0 Å². The number of hydrogen-bond acceptors (Lipinski definition) is 7. The number of carbonyl (C=O) groups excluding carboxylic acids is 3. The van der Waals surface area contributed by atoms with Gasteiger partial charge in [-0.3, -0.25) is 9.59 Å². The Balaban J connectivity index is 3.89. The lowest BCUT2D eigenvalue weighted by atomic mass is 10.2. The van der Waals surface area contributed by atoms with Crippen molar-refractivity contribution in [3.63, 3.8) is 0 Å². The van der Waals surface area contributed by atoms with Gasteiger partial charge in [0, 0.05) is 0 Å². The van der Waals surface area contributed by atoms with E-state index in [0.29, 0.717) is 0 Å². The van der Waals surface area contributed by atoms with Crippen LogP contribution in [0.4, 0.5) is 4.79 Å². The third-order valence-electron chi connectivity index (χ3n) is 2.28. The molecule has 0 heterocycles. The van der Waals surface area contributed by atoms with Crippen molar-refractivity contribution in [2.75, 3.05) is 26.4 Å². The second kappa shape index (κ2) is 10.1. The predicted molar refractivity (Wildman–Crippen MR) is 68.9 cm³/mol. The van der Waals surface area contributed by atoms with Gasteiger partial charge in [0.05, 0.1) is 25.0 Å². The Bertz CT molecular complexity index is 297. The zero-order valence-electron chi connectivity index (χ0n) is 12.3. The fraction of sp³-hybridized carbons (Fsp3) is 0.769. The third kappa shape index (κ3) is 7.60. The molecule has 0 aliphatic carbocycles. The van der Waals surface area contributed by atoms with Gasteiger partial charge in [0.25, 0.3) is 0 Å². The second-order valence-corrected chi connectivity index (χ2v) is 4.18. The molecule has 7 nitrogen and oxygen atoms in total. The Morgan fingerprint density at radius 2 is 1.10 bits per heavy atom. The van der Waals surface area contributed by atoms with Crippen LogP contribution in [0.5, 0.6) is 0 Å². The van der Waals surface area contributed by atoms with Gasteiger partial charge in [0.15, 0.2) is 0 Å². The molecule has 0 N–H and O–H groups in total. The summed E-state index contributed by atoms with van der Waals surface area (Å²) in [7, 11) is 0. The summed E-state index contributed by atoms with van der Waals surface area (Å²) in [6, 6.07) is 0. The van der Waals surface area contributed by atoms with Crippen molar-refractivity contribution in [3.8, 4) is 0 Å². The van der Waals surface area contributed by atoms with E-state index in [2.05, 4.69) is 0 Å². The molecule has 0 aromatic carbocycles. The Hall–Kier alpha value is -1.79. The Morgan fingerprint density at radius 1 is 0.750 bits per heavy atom. The van der Waals surface area contributed by atoms with Crippen molar-refractivity contribution in [1.29, 1.82) is 0 Å². The topological polar surface area (TPSA) is 88.1 Å². The molecule has 7 heteroatoms. The summed E-state index contributed by atoms with van der Waals surface area (Å²) in [5, 5.41) is 0. The first-order chi connectivity index (χ1) is 9.42. The molecule has 2 unspecified atom stereocenters. The molecule has 0 bridgehead atoms. The van der Waals surface area contributed by atoms with Crippen molar-refractivity contribution < 1.29 is 33.3 Å². The molecule has 0 fully saturated rings. The van der Waals surface area contributed by atoms with Crippen LogP contribution in [0, 0.1) is 11.8 Å². The van der Waals surface area contributed by atoms with E-state index < -0.39 is 29.9 Å². The Kier molecular flexibility index (Phi) is 9.15. The molecule has 0 aliphatic rings. The predicted octanol–water partition coefficient (Wildman–Crippen LogP) is 1.54. The van der Waals surface area contributed by atoms with E-state index in [1.807, 2.05) is 0 Å². The first kappa shape index (κ1) is 18.2. The number of esters is 2. The zero-order chi connectivity index (χ0) is 15.5. The molecular weight excluding hydrogens is 268 g/mol. The largest absolute Gasteiger partial charge is 0.508 e. The van der Waals surface area contributed by atoms with Crippen LogP contribution in [-0.2, 0) is 28.5 Å². The van der Waals surface area contributed by atoms with E-state index in [1.54, 1.807) is 27.7 Å². The number of ether oxygens (including phenoxy) is 4. The third-order valence-corrected chi connectivity index (χ3v) is 2.28. The van der Waals surface area contributed by atoms with Crippen LogP contribution >= 0.6 is 0 Å². The zero-order valence-corrected chi connectivity index (χ0v) is 12.3.